The van der Waals surface area contributed by atoms with Crippen LogP contribution < -0.4 is 14.2 Å². The molecule has 8 aromatic rings. The normalized spacial score (nSPS) is 17.1. The number of nitrogens with one attached hydrogen (secondary N) is 2. The quantitative estimate of drug-likeness (QED) is 0.128. The molecule has 72 heavy (non-hydrogen) atoms. The zero-order chi connectivity index (χ0) is 50.4. The van der Waals surface area contributed by atoms with Gasteiger partial charge < -0.3 is 24.1 Å². The van der Waals surface area contributed by atoms with Crippen molar-refractivity contribution in [1.29, 1.82) is 0 Å². The number of hydrogen-bond acceptors (Lipinski definition) is 15. The van der Waals surface area contributed by atoms with Crippen molar-refractivity contribution >= 4 is 46.1 Å². The molecular formula is C51H64N16O5. The molecule has 21 heteroatoms. The predicted molar refractivity (Wildman–Crippen MR) is 274 cm³/mol. The summed E-state index contributed by atoms with van der Waals surface area (Å²) in [6.07, 6.45) is 9.84. The summed E-state index contributed by atoms with van der Waals surface area (Å²) in [5.74, 6) is 1.78. The highest BCUT2D eigenvalue weighted by molar-refractivity contribution is 5.95. The van der Waals surface area contributed by atoms with Gasteiger partial charge in [0.05, 0.1) is 113 Å². The lowest BCUT2D eigenvalue weighted by molar-refractivity contribution is 0.107. The van der Waals surface area contributed by atoms with Crippen LogP contribution >= 0.6 is 0 Å². The van der Waals surface area contributed by atoms with Gasteiger partial charge in [-0.15, -0.1) is 5.10 Å². The number of aromatic nitrogens is 14. The van der Waals surface area contributed by atoms with Crippen LogP contribution in [-0.2, 0) is 45.1 Å². The van der Waals surface area contributed by atoms with Gasteiger partial charge in [0.15, 0.2) is 0 Å². The molecule has 0 aliphatic carbocycles. The fourth-order valence-electron chi connectivity index (χ4n) is 9.84. The monoisotopic (exact) mass is 981 g/mol. The highest BCUT2D eigenvalue weighted by Gasteiger charge is 2.28. The Kier molecular flexibility index (Phi) is 13.5. The number of pyridine rings is 2. The summed E-state index contributed by atoms with van der Waals surface area (Å²) in [4.78, 5) is 14.6. The maximum Gasteiger partial charge on any atom is 0.240 e. The van der Waals surface area contributed by atoms with E-state index in [9.17, 15) is 5.11 Å². The molecule has 21 nitrogen and oxygen atoms in total. The van der Waals surface area contributed by atoms with Crippen LogP contribution in [-0.4, -0.2) is 144 Å². The van der Waals surface area contributed by atoms with E-state index in [1.165, 1.54) is 0 Å². The molecule has 0 spiro atoms. The first-order valence-corrected chi connectivity index (χ1v) is 24.7. The topological polar surface area (TPSA) is 218 Å². The first-order valence-electron chi connectivity index (χ1n) is 24.7. The van der Waals surface area contributed by atoms with Crippen molar-refractivity contribution in [3.8, 4) is 40.2 Å². The van der Waals surface area contributed by atoms with Crippen LogP contribution in [0.15, 0.2) is 18.3 Å². The Balaban J connectivity index is 0.947. The van der Waals surface area contributed by atoms with Gasteiger partial charge in [-0.2, -0.15) is 25.5 Å². The van der Waals surface area contributed by atoms with Gasteiger partial charge in [-0.1, -0.05) is 6.92 Å². The standard InChI is InChI=1S/C51H64N16O5/c1-11-65-24-30(4)72-51-46(41-22-37-39(56-58-48(37)33(7)54-41)16-14-35-44(26-65)67(29(3)27-68)61-49(35)70-12-2)42(60-64(51)10)28-69-19-18-66-43-25-62(8)17-20-71-50-45(31(5)59-63(50)9)40-21-36-38(15-13-34(43)23-52-66)55-57-47(36)32(6)53-40/h13-16,21-23,29-30,68H,11-12,17-20,24-28H2,1-10H3,(H,55,57)(H,56,58)/b15-13+,16-14+/t29-,30-/m0/s1. The molecule has 0 saturated carbocycles. The van der Waals surface area contributed by atoms with Crippen molar-refractivity contribution in [3.05, 3.63) is 75.0 Å². The Morgan fingerprint density at radius 1 is 0.833 bits per heavy atom. The van der Waals surface area contributed by atoms with Crippen LogP contribution in [0.4, 0.5) is 0 Å². The number of rotatable bonds is 10. The summed E-state index contributed by atoms with van der Waals surface area (Å²) in [6.45, 7) is 19.1. The van der Waals surface area contributed by atoms with Gasteiger partial charge in [-0.25, -0.2) is 9.36 Å². The smallest absolute Gasteiger partial charge is 0.240 e. The van der Waals surface area contributed by atoms with E-state index in [0.29, 0.717) is 81.6 Å². The lowest BCUT2D eigenvalue weighted by Crippen LogP contribution is -2.35. The molecule has 4 bridgehead atoms. The molecule has 0 aromatic carbocycles. The van der Waals surface area contributed by atoms with E-state index in [-0.39, 0.29) is 25.4 Å². The number of hydrogen-bond donors (Lipinski definition) is 3. The molecule has 2 atom stereocenters. The number of likely N-dealkylation sites (N-methyl/N-ethyl adjacent to an activating group) is 2. The molecule has 8 aromatic heterocycles. The summed E-state index contributed by atoms with van der Waals surface area (Å²) in [5.41, 5.74) is 13.3. The molecule has 0 radical (unpaired) electrons. The number of fused-ring (bicyclic) bond motifs is 8. The van der Waals surface area contributed by atoms with Crippen molar-refractivity contribution in [1.82, 2.24) is 79.3 Å². The lowest BCUT2D eigenvalue weighted by atomic mass is 10.1. The largest absolute Gasteiger partial charge is 0.476 e. The molecule has 2 aliphatic heterocycles. The van der Waals surface area contributed by atoms with Crippen molar-refractivity contribution in [2.75, 3.05) is 53.1 Å². The van der Waals surface area contributed by atoms with Crippen LogP contribution in [0.2, 0.25) is 0 Å². The summed E-state index contributed by atoms with van der Waals surface area (Å²) in [7, 11) is 5.88. The SMILES string of the molecule is CCOc1nn([C@@H](C)CO)c2c1/C=C/c1[nH]nc3c(C)nc(cc13)-c1c(COCCn3ncc4c3CN(C)CCOc3c(c(C)nn3C)-c3cc5c([nH]nc5c(C)n3)/C=C/4)nn(C)c1O[C@@H](C)CN(CC)C2. The minimum atomic E-state index is -0.266. The second kappa shape index (κ2) is 20.1. The second-order valence-electron chi connectivity index (χ2n) is 18.8. The van der Waals surface area contributed by atoms with Gasteiger partial charge in [0, 0.05) is 56.6 Å². The number of aliphatic hydroxyl groups is 1. The fourth-order valence-corrected chi connectivity index (χ4v) is 9.84. The van der Waals surface area contributed by atoms with E-state index in [0.717, 1.165) is 96.2 Å². The zero-order valence-corrected chi connectivity index (χ0v) is 42.8. The molecule has 10 heterocycles. The van der Waals surface area contributed by atoms with E-state index < -0.39 is 0 Å². The number of aryl methyl sites for hydroxylation is 5. The molecule has 3 N–H and O–H groups in total. The predicted octanol–water partition coefficient (Wildman–Crippen LogP) is 6.29. The highest BCUT2D eigenvalue weighted by Crippen LogP contribution is 2.38. The number of H-pyrrole nitrogens is 2. The van der Waals surface area contributed by atoms with E-state index in [1.54, 1.807) is 9.36 Å². The highest BCUT2D eigenvalue weighted by atomic mass is 16.5. The van der Waals surface area contributed by atoms with E-state index in [2.05, 4.69) is 64.2 Å². The number of aromatic amines is 2. The van der Waals surface area contributed by atoms with Gasteiger partial charge in [0.2, 0.25) is 17.6 Å². The average molecular weight is 981 g/mol. The van der Waals surface area contributed by atoms with Crippen LogP contribution in [0.5, 0.6) is 17.6 Å². The van der Waals surface area contributed by atoms with Crippen LogP contribution in [0.3, 0.4) is 0 Å². The van der Waals surface area contributed by atoms with Gasteiger partial charge in [-0.3, -0.25) is 39.3 Å². The van der Waals surface area contributed by atoms with Gasteiger partial charge in [0.1, 0.15) is 29.4 Å². The molecule has 2 aliphatic rings. The summed E-state index contributed by atoms with van der Waals surface area (Å²) in [5, 5.41) is 47.4. The summed E-state index contributed by atoms with van der Waals surface area (Å²) >= 11 is 0. The number of aliphatic hydroxyl groups excluding tert-OH is 1. The van der Waals surface area contributed by atoms with Gasteiger partial charge >= 0.3 is 0 Å². The van der Waals surface area contributed by atoms with Crippen LogP contribution in [0, 0.1) is 20.8 Å². The Bertz CT molecular complexity index is 3330. The van der Waals surface area contributed by atoms with Crippen molar-refractivity contribution in [3.63, 3.8) is 0 Å². The Labute approximate surface area is 417 Å². The molecular weight excluding hydrogens is 917 g/mol. The third kappa shape index (κ3) is 9.16. The molecule has 10 rings (SSSR count). The maximum absolute atomic E-state index is 10.3. The molecule has 0 fully saturated rings. The third-order valence-electron chi connectivity index (χ3n) is 13.5. The minimum Gasteiger partial charge on any atom is -0.476 e. The van der Waals surface area contributed by atoms with E-state index in [4.69, 9.17) is 54.4 Å². The molecule has 0 saturated heterocycles. The summed E-state index contributed by atoms with van der Waals surface area (Å²) in [6, 6.07) is 3.84. The fraction of sp³-hybridized carbons (Fsp3) is 0.451. The van der Waals surface area contributed by atoms with Gasteiger partial charge in [0.25, 0.3) is 0 Å². The van der Waals surface area contributed by atoms with Crippen LogP contribution in [0.25, 0.3) is 68.6 Å². The second-order valence-corrected chi connectivity index (χ2v) is 18.8. The first kappa shape index (κ1) is 48.4. The number of ether oxygens (including phenoxy) is 4. The minimum absolute atomic E-state index is 0.0694. The zero-order valence-electron chi connectivity index (χ0n) is 42.8. The Morgan fingerprint density at radius 3 is 2.22 bits per heavy atom. The molecule has 0 unspecified atom stereocenters. The maximum atomic E-state index is 10.3. The number of nitrogens with zero attached hydrogens (tertiary/aromatic N) is 14. The van der Waals surface area contributed by atoms with E-state index in [1.807, 2.05) is 82.5 Å². The Hall–Kier alpha value is -7.20. The lowest BCUT2D eigenvalue weighted by Gasteiger charge is -2.26. The molecule has 378 valence electrons. The first-order chi connectivity index (χ1) is 34.8. The molecule has 0 amide bonds. The third-order valence-corrected chi connectivity index (χ3v) is 13.5. The van der Waals surface area contributed by atoms with Gasteiger partial charge in [-0.05, 0) is 91.6 Å². The van der Waals surface area contributed by atoms with Crippen LogP contribution in [0.1, 0.15) is 90.4 Å². The van der Waals surface area contributed by atoms with Crippen molar-refractivity contribution in [2.45, 2.75) is 86.9 Å². The van der Waals surface area contributed by atoms with E-state index >= 15 is 0 Å². The summed E-state index contributed by atoms with van der Waals surface area (Å²) < 4.78 is 33.5. The van der Waals surface area contributed by atoms with Crippen molar-refractivity contribution in [2.24, 2.45) is 14.1 Å². The average Bonchev–Trinajstić information content (AvgIpc) is 4.21. The Morgan fingerprint density at radius 2 is 1.53 bits per heavy atom. The van der Waals surface area contributed by atoms with Crippen molar-refractivity contribution < 1.29 is 24.1 Å².